The Morgan fingerprint density at radius 2 is 1.78 bits per heavy atom. The molecule has 4 aliphatic heterocycles. The maximum atomic E-state index is 12.1. The Morgan fingerprint density at radius 1 is 0.944 bits per heavy atom. The van der Waals surface area contributed by atoms with E-state index in [-0.39, 0.29) is 0 Å². The molecule has 0 N–H and O–H groups in total. The maximum Gasteiger partial charge on any atom is 0.222 e. The van der Waals surface area contributed by atoms with Crippen molar-refractivity contribution in [1.29, 1.82) is 0 Å². The molecule has 2 bridgehead atoms. The molecule has 0 aromatic heterocycles. The Morgan fingerprint density at radius 3 is 2.72 bits per heavy atom. The average molecular weight is 248 g/mol. The molecule has 0 aromatic rings. The first-order chi connectivity index (χ1) is 8.83. The molecule has 0 radical (unpaired) electrons. The van der Waals surface area contributed by atoms with E-state index >= 15 is 0 Å². The number of carbonyl (C=O) groups excluding carboxylic acids is 1. The molecular formula is C15H24N2O. The highest BCUT2D eigenvalue weighted by molar-refractivity contribution is 5.77. The van der Waals surface area contributed by atoms with Gasteiger partial charge in [0.2, 0.25) is 5.91 Å². The smallest absolute Gasteiger partial charge is 0.222 e. The van der Waals surface area contributed by atoms with Crippen molar-refractivity contribution in [3.63, 3.8) is 0 Å². The summed E-state index contributed by atoms with van der Waals surface area (Å²) < 4.78 is 0. The Labute approximate surface area is 110 Å². The van der Waals surface area contributed by atoms with E-state index in [1.54, 1.807) is 0 Å². The van der Waals surface area contributed by atoms with Gasteiger partial charge >= 0.3 is 0 Å². The minimum Gasteiger partial charge on any atom is -0.339 e. The molecule has 0 aliphatic carbocycles. The van der Waals surface area contributed by atoms with Crippen LogP contribution in [0.5, 0.6) is 0 Å². The molecule has 0 spiro atoms. The Bertz CT molecular complexity index is 356. The van der Waals surface area contributed by atoms with E-state index in [1.807, 2.05) is 0 Å². The minimum atomic E-state index is 0.449. The molecule has 3 heteroatoms. The van der Waals surface area contributed by atoms with Gasteiger partial charge in [-0.1, -0.05) is 6.42 Å². The van der Waals surface area contributed by atoms with Crippen LogP contribution in [0.2, 0.25) is 0 Å². The zero-order chi connectivity index (χ0) is 12.1. The predicted molar refractivity (Wildman–Crippen MR) is 70.2 cm³/mol. The molecule has 0 saturated carbocycles. The number of carbonyl (C=O) groups is 1. The fourth-order valence-electron chi connectivity index (χ4n) is 5.10. The highest BCUT2D eigenvalue weighted by atomic mass is 16.2. The zero-order valence-electron chi connectivity index (χ0n) is 11.2. The quantitative estimate of drug-likeness (QED) is 0.653. The summed E-state index contributed by atoms with van der Waals surface area (Å²) >= 11 is 0. The third kappa shape index (κ3) is 1.63. The van der Waals surface area contributed by atoms with E-state index in [0.29, 0.717) is 11.9 Å². The average Bonchev–Trinajstić information content (AvgIpc) is 2.40. The van der Waals surface area contributed by atoms with Crippen molar-refractivity contribution in [3.8, 4) is 0 Å². The van der Waals surface area contributed by atoms with Gasteiger partial charge in [-0.15, -0.1) is 0 Å². The Kier molecular flexibility index (Phi) is 2.65. The second kappa shape index (κ2) is 4.22. The van der Waals surface area contributed by atoms with Crippen LogP contribution in [0.15, 0.2) is 0 Å². The lowest BCUT2D eigenvalue weighted by Crippen LogP contribution is -2.64. The summed E-state index contributed by atoms with van der Waals surface area (Å²) in [5.74, 6) is 2.01. The lowest BCUT2D eigenvalue weighted by atomic mass is 9.71. The summed E-state index contributed by atoms with van der Waals surface area (Å²) in [6.07, 6.45) is 8.78. The van der Waals surface area contributed by atoms with Gasteiger partial charge in [0.1, 0.15) is 0 Å². The molecule has 1 unspecified atom stereocenters. The molecule has 4 rings (SSSR count). The van der Waals surface area contributed by atoms with Crippen LogP contribution in [0, 0.1) is 11.8 Å². The van der Waals surface area contributed by atoms with E-state index in [2.05, 4.69) is 9.80 Å². The van der Waals surface area contributed by atoms with Gasteiger partial charge in [-0.25, -0.2) is 0 Å². The van der Waals surface area contributed by atoms with Gasteiger partial charge in [0.25, 0.3) is 0 Å². The number of piperidine rings is 4. The molecule has 1 amide bonds. The fourth-order valence-corrected chi connectivity index (χ4v) is 5.10. The van der Waals surface area contributed by atoms with Crippen molar-refractivity contribution < 1.29 is 4.79 Å². The van der Waals surface area contributed by atoms with Crippen LogP contribution in [0.3, 0.4) is 0 Å². The normalized spacial score (nSPS) is 44.4. The summed E-state index contributed by atoms with van der Waals surface area (Å²) in [5, 5.41) is 0. The number of hydrogen-bond donors (Lipinski definition) is 0. The van der Waals surface area contributed by atoms with Gasteiger partial charge in [-0.05, 0) is 50.5 Å². The predicted octanol–water partition coefficient (Wildman–Crippen LogP) is 1.87. The standard InChI is InChI=1S/C15H24N2O/c18-15-6-3-5-14-11-8-12(10-17(14)15)13-4-1-2-7-16(13)9-11/h11-14H,1-10H2/t11-,12-,13?,14-/m1/s1. The number of amides is 1. The molecule has 4 heterocycles. The molecule has 3 nitrogen and oxygen atoms in total. The first kappa shape index (κ1) is 11.3. The van der Waals surface area contributed by atoms with Crippen LogP contribution in [-0.4, -0.2) is 47.4 Å². The SMILES string of the molecule is O=C1CCC[C@@H]2[C@@H]3C[C@H](CN12)C1CCCCN1C3. The molecule has 0 aromatic carbocycles. The Balaban J connectivity index is 1.59. The highest BCUT2D eigenvalue weighted by Gasteiger charge is 2.47. The second-order valence-electron chi connectivity index (χ2n) is 6.82. The number of nitrogens with zero attached hydrogens (tertiary/aromatic N) is 2. The summed E-state index contributed by atoms with van der Waals surface area (Å²) in [5.41, 5.74) is 0. The van der Waals surface area contributed by atoms with Gasteiger partial charge in [-0.2, -0.15) is 0 Å². The maximum absolute atomic E-state index is 12.1. The number of rotatable bonds is 0. The van der Waals surface area contributed by atoms with Gasteiger partial charge in [0.05, 0.1) is 0 Å². The van der Waals surface area contributed by atoms with Crippen molar-refractivity contribution in [3.05, 3.63) is 0 Å². The van der Waals surface area contributed by atoms with E-state index in [0.717, 1.165) is 37.3 Å². The van der Waals surface area contributed by atoms with Crippen LogP contribution in [-0.2, 0) is 4.79 Å². The summed E-state index contributed by atoms with van der Waals surface area (Å²) in [4.78, 5) is 17.2. The van der Waals surface area contributed by atoms with Crippen LogP contribution < -0.4 is 0 Å². The van der Waals surface area contributed by atoms with Gasteiger partial charge in [0.15, 0.2) is 0 Å². The van der Waals surface area contributed by atoms with Crippen LogP contribution in [0.1, 0.15) is 44.9 Å². The van der Waals surface area contributed by atoms with Crippen molar-refractivity contribution in [2.75, 3.05) is 19.6 Å². The van der Waals surface area contributed by atoms with Crippen molar-refractivity contribution in [1.82, 2.24) is 9.80 Å². The lowest BCUT2D eigenvalue weighted by Gasteiger charge is -2.56. The summed E-state index contributed by atoms with van der Waals surface area (Å²) in [7, 11) is 0. The lowest BCUT2D eigenvalue weighted by molar-refractivity contribution is -0.148. The molecule has 4 fully saturated rings. The highest BCUT2D eigenvalue weighted by Crippen LogP contribution is 2.42. The minimum absolute atomic E-state index is 0.449. The summed E-state index contributed by atoms with van der Waals surface area (Å²) in [6.45, 7) is 3.66. The first-order valence-corrected chi connectivity index (χ1v) is 7.86. The topological polar surface area (TPSA) is 23.6 Å². The first-order valence-electron chi connectivity index (χ1n) is 7.86. The monoisotopic (exact) mass is 248 g/mol. The van der Waals surface area contributed by atoms with Gasteiger partial charge in [0, 0.05) is 31.6 Å². The summed E-state index contributed by atoms with van der Waals surface area (Å²) in [6, 6.07) is 1.39. The second-order valence-corrected chi connectivity index (χ2v) is 6.82. The Hall–Kier alpha value is -0.570. The van der Waals surface area contributed by atoms with Crippen LogP contribution in [0.25, 0.3) is 0 Å². The number of fused-ring (bicyclic) bond motifs is 6. The van der Waals surface area contributed by atoms with E-state index < -0.39 is 0 Å². The van der Waals surface area contributed by atoms with Crippen molar-refractivity contribution >= 4 is 5.91 Å². The zero-order valence-corrected chi connectivity index (χ0v) is 11.2. The molecule has 4 saturated heterocycles. The molecule has 100 valence electrons. The van der Waals surface area contributed by atoms with Crippen LogP contribution in [0.4, 0.5) is 0 Å². The van der Waals surface area contributed by atoms with E-state index in [4.69, 9.17) is 0 Å². The third-order valence-corrected chi connectivity index (χ3v) is 5.87. The van der Waals surface area contributed by atoms with E-state index in [1.165, 1.54) is 45.2 Å². The fraction of sp³-hybridized carbons (Fsp3) is 0.933. The third-order valence-electron chi connectivity index (χ3n) is 5.87. The number of hydrogen-bond acceptors (Lipinski definition) is 2. The molecule has 18 heavy (non-hydrogen) atoms. The largest absolute Gasteiger partial charge is 0.339 e. The van der Waals surface area contributed by atoms with Crippen molar-refractivity contribution in [2.24, 2.45) is 11.8 Å². The molecule has 4 atom stereocenters. The molecular weight excluding hydrogens is 224 g/mol. The van der Waals surface area contributed by atoms with Gasteiger partial charge < -0.3 is 4.90 Å². The van der Waals surface area contributed by atoms with Gasteiger partial charge in [-0.3, -0.25) is 9.69 Å². The van der Waals surface area contributed by atoms with Crippen LogP contribution >= 0.6 is 0 Å². The van der Waals surface area contributed by atoms with E-state index in [9.17, 15) is 4.79 Å². The molecule has 4 aliphatic rings. The van der Waals surface area contributed by atoms with Crippen molar-refractivity contribution in [2.45, 2.75) is 57.0 Å².